The third kappa shape index (κ3) is 4.65. The van der Waals surface area contributed by atoms with Gasteiger partial charge in [0.25, 0.3) is 0 Å². The molecule has 0 aromatic carbocycles. The maximum Gasteiger partial charge on any atom is 0.218 e. The quantitative estimate of drug-likeness (QED) is 0.423. The molecule has 6 nitrogen and oxygen atoms in total. The predicted molar refractivity (Wildman–Crippen MR) is 73.0 cm³/mol. The van der Waals surface area contributed by atoms with Crippen LogP contribution in [0.3, 0.4) is 0 Å². The Morgan fingerprint density at radius 2 is 2.16 bits per heavy atom. The maximum absolute atomic E-state index is 5.58. The first-order valence-corrected chi connectivity index (χ1v) is 6.75. The lowest BCUT2D eigenvalue weighted by Crippen LogP contribution is -2.13. The van der Waals surface area contributed by atoms with Crippen LogP contribution in [0.25, 0.3) is 0 Å². The molecule has 0 aliphatic heterocycles. The molecular formula is C13H22N4O2. The number of hydrogen-bond acceptors (Lipinski definition) is 6. The summed E-state index contributed by atoms with van der Waals surface area (Å²) in [5, 5.41) is 0. The summed E-state index contributed by atoms with van der Waals surface area (Å²) in [5.41, 5.74) is 2.54. The van der Waals surface area contributed by atoms with Gasteiger partial charge in [-0.05, 0) is 18.8 Å². The number of anilines is 1. The highest BCUT2D eigenvalue weighted by Crippen LogP contribution is 2.38. The topological polar surface area (TPSA) is 82.3 Å². The fourth-order valence-electron chi connectivity index (χ4n) is 1.64. The van der Waals surface area contributed by atoms with Crippen LogP contribution >= 0.6 is 0 Å². The summed E-state index contributed by atoms with van der Waals surface area (Å²) in [6.45, 7) is 6.03. The first-order valence-electron chi connectivity index (χ1n) is 6.75. The van der Waals surface area contributed by atoms with Gasteiger partial charge >= 0.3 is 0 Å². The Morgan fingerprint density at radius 3 is 2.79 bits per heavy atom. The van der Waals surface area contributed by atoms with E-state index in [2.05, 4.69) is 29.2 Å². The van der Waals surface area contributed by atoms with E-state index in [1.807, 2.05) is 0 Å². The summed E-state index contributed by atoms with van der Waals surface area (Å²) >= 11 is 0. The lowest BCUT2D eigenvalue weighted by molar-refractivity contribution is 0.0805. The number of rotatable bonds is 8. The molecule has 1 aromatic heterocycles. The van der Waals surface area contributed by atoms with Crippen LogP contribution in [0.4, 0.5) is 5.82 Å². The average molecular weight is 266 g/mol. The largest absolute Gasteiger partial charge is 0.475 e. The molecule has 1 saturated carbocycles. The fourth-order valence-corrected chi connectivity index (χ4v) is 1.64. The molecule has 19 heavy (non-hydrogen) atoms. The monoisotopic (exact) mass is 266 g/mol. The molecular weight excluding hydrogens is 244 g/mol. The minimum absolute atomic E-state index is 0.466. The number of nitrogens with zero attached hydrogens (tertiary/aromatic N) is 2. The second kappa shape index (κ2) is 6.68. The highest BCUT2D eigenvalue weighted by Gasteiger charge is 2.27. The molecule has 3 N–H and O–H groups in total. The van der Waals surface area contributed by atoms with Gasteiger partial charge in [0, 0.05) is 18.6 Å². The van der Waals surface area contributed by atoms with E-state index in [4.69, 9.17) is 15.3 Å². The molecule has 1 heterocycles. The Kier molecular flexibility index (Phi) is 4.93. The van der Waals surface area contributed by atoms with Crippen molar-refractivity contribution in [2.75, 3.05) is 25.2 Å². The molecule has 0 unspecified atom stereocenters. The number of hydrogen-bond donors (Lipinski definition) is 2. The van der Waals surface area contributed by atoms with Crippen LogP contribution in [-0.2, 0) is 4.74 Å². The van der Waals surface area contributed by atoms with Crippen LogP contribution in [0.5, 0.6) is 5.88 Å². The molecule has 0 saturated heterocycles. The van der Waals surface area contributed by atoms with Gasteiger partial charge in [0.05, 0.1) is 6.61 Å². The number of ether oxygens (including phenoxy) is 2. The van der Waals surface area contributed by atoms with Crippen LogP contribution in [0.1, 0.15) is 38.4 Å². The van der Waals surface area contributed by atoms with Crippen molar-refractivity contribution >= 4 is 5.82 Å². The molecule has 1 fully saturated rings. The molecule has 0 amide bonds. The fraction of sp³-hybridized carbons (Fsp3) is 0.692. The maximum atomic E-state index is 5.58. The van der Waals surface area contributed by atoms with E-state index in [9.17, 15) is 0 Å². The zero-order valence-electron chi connectivity index (χ0n) is 11.6. The van der Waals surface area contributed by atoms with E-state index in [-0.39, 0.29) is 0 Å². The highest BCUT2D eigenvalue weighted by molar-refractivity contribution is 5.38. The van der Waals surface area contributed by atoms with E-state index in [1.165, 1.54) is 0 Å². The van der Waals surface area contributed by atoms with Crippen molar-refractivity contribution in [1.82, 2.24) is 9.97 Å². The lowest BCUT2D eigenvalue weighted by atomic mass is 10.2. The molecule has 1 aromatic rings. The second-order valence-electron chi connectivity index (χ2n) is 5.19. The van der Waals surface area contributed by atoms with Crippen LogP contribution in [0, 0.1) is 5.92 Å². The van der Waals surface area contributed by atoms with Crippen LogP contribution < -0.4 is 16.0 Å². The molecule has 106 valence electrons. The Morgan fingerprint density at radius 1 is 1.37 bits per heavy atom. The normalized spacial score (nSPS) is 14.7. The molecule has 0 atom stereocenters. The zero-order valence-corrected chi connectivity index (χ0v) is 11.6. The van der Waals surface area contributed by atoms with Gasteiger partial charge in [-0.2, -0.15) is 4.98 Å². The van der Waals surface area contributed by atoms with E-state index < -0.39 is 0 Å². The van der Waals surface area contributed by atoms with Crippen molar-refractivity contribution in [3.05, 3.63) is 11.9 Å². The molecule has 2 rings (SSSR count). The van der Waals surface area contributed by atoms with Gasteiger partial charge in [-0.3, -0.25) is 0 Å². The number of hydrazine groups is 1. The number of aromatic nitrogens is 2. The molecule has 1 aliphatic carbocycles. The van der Waals surface area contributed by atoms with Crippen molar-refractivity contribution in [2.45, 2.75) is 32.6 Å². The smallest absolute Gasteiger partial charge is 0.218 e. The predicted octanol–water partition coefficient (Wildman–Crippen LogP) is 1.69. The third-order valence-corrected chi connectivity index (χ3v) is 2.74. The minimum Gasteiger partial charge on any atom is -0.475 e. The van der Waals surface area contributed by atoms with Crippen LogP contribution in [-0.4, -0.2) is 29.8 Å². The van der Waals surface area contributed by atoms with E-state index in [0.29, 0.717) is 36.7 Å². The molecule has 0 bridgehead atoms. The van der Waals surface area contributed by atoms with E-state index in [1.54, 1.807) is 6.07 Å². The summed E-state index contributed by atoms with van der Waals surface area (Å²) in [5.74, 6) is 8.36. The highest BCUT2D eigenvalue weighted by atomic mass is 16.5. The van der Waals surface area contributed by atoms with E-state index >= 15 is 0 Å². The molecule has 0 spiro atoms. The number of nitrogen functional groups attached to an aromatic ring is 1. The Balaban J connectivity index is 1.83. The summed E-state index contributed by atoms with van der Waals surface area (Å²) < 4.78 is 11.0. The number of nitrogens with one attached hydrogen (secondary N) is 1. The van der Waals surface area contributed by atoms with Gasteiger partial charge in [-0.1, -0.05) is 13.8 Å². The van der Waals surface area contributed by atoms with Gasteiger partial charge in [0.15, 0.2) is 0 Å². The summed E-state index contributed by atoms with van der Waals surface area (Å²) in [6.07, 6.45) is 2.29. The average Bonchev–Trinajstić information content (AvgIpc) is 3.22. The summed E-state index contributed by atoms with van der Waals surface area (Å²) in [6, 6.07) is 1.70. The van der Waals surface area contributed by atoms with Crippen molar-refractivity contribution < 1.29 is 9.47 Å². The number of nitrogens with two attached hydrogens (primary N) is 1. The molecule has 6 heteroatoms. The first-order chi connectivity index (χ1) is 9.19. The second-order valence-corrected chi connectivity index (χ2v) is 5.19. The van der Waals surface area contributed by atoms with Gasteiger partial charge in [-0.15, -0.1) is 0 Å². The molecule has 0 radical (unpaired) electrons. The summed E-state index contributed by atoms with van der Waals surface area (Å²) in [4.78, 5) is 8.71. The Hall–Kier alpha value is -1.40. The zero-order chi connectivity index (χ0) is 13.7. The lowest BCUT2D eigenvalue weighted by Gasteiger charge is -2.10. The third-order valence-electron chi connectivity index (χ3n) is 2.74. The Bertz CT molecular complexity index is 408. The van der Waals surface area contributed by atoms with Crippen molar-refractivity contribution in [3.8, 4) is 5.88 Å². The van der Waals surface area contributed by atoms with Crippen molar-refractivity contribution in [1.29, 1.82) is 0 Å². The SMILES string of the molecule is CC(C)COCCOc1cc(NN)nc(C2CC2)n1. The van der Waals surface area contributed by atoms with Gasteiger partial charge in [-0.25, -0.2) is 10.8 Å². The first kappa shape index (κ1) is 14.0. The van der Waals surface area contributed by atoms with Gasteiger partial charge in [0.2, 0.25) is 5.88 Å². The molecule has 1 aliphatic rings. The standard InChI is InChI=1S/C13H22N4O2/c1-9(2)8-18-5-6-19-12-7-11(17-14)15-13(16-12)10-3-4-10/h7,9-10H,3-6,8,14H2,1-2H3,(H,15,16,17). The Labute approximate surface area is 113 Å². The van der Waals surface area contributed by atoms with Gasteiger partial charge < -0.3 is 14.9 Å². The minimum atomic E-state index is 0.466. The van der Waals surface area contributed by atoms with Gasteiger partial charge in [0.1, 0.15) is 18.2 Å². The van der Waals surface area contributed by atoms with Crippen LogP contribution in [0.15, 0.2) is 6.07 Å². The van der Waals surface area contributed by atoms with E-state index in [0.717, 1.165) is 25.3 Å². The summed E-state index contributed by atoms with van der Waals surface area (Å²) in [7, 11) is 0. The van der Waals surface area contributed by atoms with Crippen LogP contribution in [0.2, 0.25) is 0 Å². The van der Waals surface area contributed by atoms with Crippen molar-refractivity contribution in [2.24, 2.45) is 11.8 Å². The van der Waals surface area contributed by atoms with Crippen molar-refractivity contribution in [3.63, 3.8) is 0 Å².